The van der Waals surface area contributed by atoms with Crippen LogP contribution in [0.1, 0.15) is 25.3 Å². The highest BCUT2D eigenvalue weighted by Gasteiger charge is 2.24. The van der Waals surface area contributed by atoms with Gasteiger partial charge in [0.1, 0.15) is 5.76 Å². The van der Waals surface area contributed by atoms with Gasteiger partial charge in [0.15, 0.2) is 0 Å². The predicted octanol–water partition coefficient (Wildman–Crippen LogP) is 3.26. The highest BCUT2D eigenvalue weighted by Crippen LogP contribution is 2.23. The molecule has 0 radical (unpaired) electrons. The van der Waals surface area contributed by atoms with E-state index in [2.05, 4.69) is 23.7 Å². The number of aromatic nitrogens is 1. The van der Waals surface area contributed by atoms with Gasteiger partial charge in [-0.25, -0.2) is 4.98 Å². The van der Waals surface area contributed by atoms with Crippen molar-refractivity contribution >= 4 is 0 Å². The monoisotopic (exact) mass is 286 g/mol. The topological polar surface area (TPSA) is 38.5 Å². The van der Waals surface area contributed by atoms with Gasteiger partial charge in [0.25, 0.3) is 0 Å². The van der Waals surface area contributed by atoms with Gasteiger partial charge in [0, 0.05) is 25.2 Å². The fourth-order valence-corrected chi connectivity index (χ4v) is 2.90. The molecule has 21 heavy (non-hydrogen) atoms. The van der Waals surface area contributed by atoms with Crippen molar-refractivity contribution in [2.75, 3.05) is 13.1 Å². The first-order valence-corrected chi connectivity index (χ1v) is 7.51. The van der Waals surface area contributed by atoms with E-state index in [-0.39, 0.29) is 12.2 Å². The zero-order valence-corrected chi connectivity index (χ0v) is 12.9. The van der Waals surface area contributed by atoms with E-state index in [1.807, 2.05) is 37.3 Å². The molecule has 2 atom stereocenters. The molecular weight excluding hydrogens is 264 g/mol. The fraction of sp³-hybridized carbons (Fsp3) is 0.471. The Bertz CT molecular complexity index is 584. The van der Waals surface area contributed by atoms with E-state index < -0.39 is 0 Å². The van der Waals surface area contributed by atoms with Crippen molar-refractivity contribution in [2.45, 2.75) is 39.5 Å². The number of rotatable bonds is 3. The second-order valence-electron chi connectivity index (χ2n) is 5.84. The Morgan fingerprint density at radius 2 is 1.81 bits per heavy atom. The maximum Gasteiger partial charge on any atom is 0.226 e. The van der Waals surface area contributed by atoms with Crippen molar-refractivity contribution in [3.8, 4) is 11.5 Å². The number of hydrogen-bond donors (Lipinski definition) is 0. The van der Waals surface area contributed by atoms with Crippen molar-refractivity contribution in [3.63, 3.8) is 0 Å². The zero-order valence-electron chi connectivity index (χ0n) is 12.9. The summed E-state index contributed by atoms with van der Waals surface area (Å²) in [7, 11) is 0. The number of hydrogen-bond acceptors (Lipinski definition) is 4. The molecule has 4 nitrogen and oxygen atoms in total. The predicted molar refractivity (Wildman–Crippen MR) is 82.0 cm³/mol. The molecule has 4 heteroatoms. The number of oxazole rings is 1. The minimum absolute atomic E-state index is 0.273. The average Bonchev–Trinajstić information content (AvgIpc) is 2.80. The molecule has 1 aromatic heterocycles. The summed E-state index contributed by atoms with van der Waals surface area (Å²) >= 11 is 0. The Hall–Kier alpha value is -1.65. The fourth-order valence-electron chi connectivity index (χ4n) is 2.90. The minimum Gasteiger partial charge on any atom is -0.441 e. The first-order chi connectivity index (χ1) is 10.1. The standard InChI is InChI=1S/C17H22N2O2/c1-12-9-19(10-13(2)20-12)11-16-14(3)21-17(18-16)15-7-5-4-6-8-15/h4-8,12-13H,9-11H2,1-3H3. The Kier molecular flexibility index (Phi) is 4.08. The Morgan fingerprint density at radius 1 is 1.14 bits per heavy atom. The van der Waals surface area contributed by atoms with E-state index in [0.717, 1.165) is 36.7 Å². The van der Waals surface area contributed by atoms with Gasteiger partial charge in [-0.2, -0.15) is 0 Å². The Morgan fingerprint density at radius 3 is 2.48 bits per heavy atom. The van der Waals surface area contributed by atoms with Crippen LogP contribution in [0.4, 0.5) is 0 Å². The summed E-state index contributed by atoms with van der Waals surface area (Å²) in [5.41, 5.74) is 2.05. The summed E-state index contributed by atoms with van der Waals surface area (Å²) < 4.78 is 11.6. The molecule has 1 aliphatic rings. The van der Waals surface area contributed by atoms with Crippen LogP contribution in [0.25, 0.3) is 11.5 Å². The maximum absolute atomic E-state index is 5.83. The highest BCUT2D eigenvalue weighted by atomic mass is 16.5. The van der Waals surface area contributed by atoms with E-state index in [9.17, 15) is 0 Å². The lowest BCUT2D eigenvalue weighted by atomic mass is 10.2. The molecule has 1 saturated heterocycles. The second-order valence-corrected chi connectivity index (χ2v) is 5.84. The van der Waals surface area contributed by atoms with Crippen LogP contribution in [0.2, 0.25) is 0 Å². The van der Waals surface area contributed by atoms with Crippen LogP contribution in [0.3, 0.4) is 0 Å². The maximum atomic E-state index is 5.83. The van der Waals surface area contributed by atoms with Gasteiger partial charge in [-0.05, 0) is 32.9 Å². The van der Waals surface area contributed by atoms with Gasteiger partial charge < -0.3 is 9.15 Å². The van der Waals surface area contributed by atoms with Crippen LogP contribution in [0, 0.1) is 6.92 Å². The van der Waals surface area contributed by atoms with Crippen LogP contribution in [-0.4, -0.2) is 35.2 Å². The van der Waals surface area contributed by atoms with Crippen molar-refractivity contribution in [1.82, 2.24) is 9.88 Å². The number of aryl methyl sites for hydroxylation is 1. The number of nitrogens with zero attached hydrogens (tertiary/aromatic N) is 2. The van der Waals surface area contributed by atoms with Crippen LogP contribution in [0.15, 0.2) is 34.7 Å². The number of morpholine rings is 1. The van der Waals surface area contributed by atoms with Crippen LogP contribution in [-0.2, 0) is 11.3 Å². The molecule has 3 rings (SSSR count). The summed E-state index contributed by atoms with van der Waals surface area (Å²) in [6, 6.07) is 10.0. The molecule has 112 valence electrons. The number of benzene rings is 1. The summed E-state index contributed by atoms with van der Waals surface area (Å²) in [4.78, 5) is 7.06. The average molecular weight is 286 g/mol. The largest absolute Gasteiger partial charge is 0.441 e. The van der Waals surface area contributed by atoms with Crippen molar-refractivity contribution in [2.24, 2.45) is 0 Å². The third-order valence-electron chi connectivity index (χ3n) is 3.78. The summed E-state index contributed by atoms with van der Waals surface area (Å²) in [6.07, 6.45) is 0.545. The minimum atomic E-state index is 0.273. The highest BCUT2D eigenvalue weighted by molar-refractivity contribution is 5.53. The third kappa shape index (κ3) is 3.34. The molecule has 1 fully saturated rings. The van der Waals surface area contributed by atoms with Gasteiger partial charge in [-0.1, -0.05) is 18.2 Å². The van der Waals surface area contributed by atoms with Crippen LogP contribution >= 0.6 is 0 Å². The van der Waals surface area contributed by atoms with E-state index in [4.69, 9.17) is 9.15 Å². The Labute approximate surface area is 125 Å². The molecule has 0 amide bonds. The van der Waals surface area contributed by atoms with Gasteiger partial charge in [-0.15, -0.1) is 0 Å². The molecule has 0 aliphatic carbocycles. The summed E-state index contributed by atoms with van der Waals surface area (Å²) in [6.45, 7) is 8.93. The van der Waals surface area contributed by atoms with E-state index in [1.165, 1.54) is 0 Å². The van der Waals surface area contributed by atoms with Crippen molar-refractivity contribution < 1.29 is 9.15 Å². The van der Waals surface area contributed by atoms with Gasteiger partial charge in [0.2, 0.25) is 5.89 Å². The summed E-state index contributed by atoms with van der Waals surface area (Å²) in [5, 5.41) is 0. The SMILES string of the molecule is Cc1oc(-c2ccccc2)nc1CN1CC(C)OC(C)C1. The molecule has 1 aromatic carbocycles. The van der Waals surface area contributed by atoms with Crippen molar-refractivity contribution in [3.05, 3.63) is 41.8 Å². The third-order valence-corrected chi connectivity index (χ3v) is 3.78. The smallest absolute Gasteiger partial charge is 0.226 e. The molecule has 1 aliphatic heterocycles. The molecule has 0 N–H and O–H groups in total. The zero-order chi connectivity index (χ0) is 14.8. The summed E-state index contributed by atoms with van der Waals surface area (Å²) in [5.74, 6) is 1.61. The molecular formula is C17H22N2O2. The van der Waals surface area contributed by atoms with Crippen LogP contribution in [0.5, 0.6) is 0 Å². The second kappa shape index (κ2) is 6.00. The first kappa shape index (κ1) is 14.3. The lowest BCUT2D eigenvalue weighted by molar-refractivity contribution is -0.0708. The molecule has 2 aromatic rings. The van der Waals surface area contributed by atoms with Gasteiger partial charge in [-0.3, -0.25) is 4.90 Å². The Balaban J connectivity index is 1.76. The molecule has 2 heterocycles. The number of ether oxygens (including phenoxy) is 1. The quantitative estimate of drug-likeness (QED) is 0.868. The lowest BCUT2D eigenvalue weighted by Gasteiger charge is -2.34. The van der Waals surface area contributed by atoms with E-state index >= 15 is 0 Å². The van der Waals surface area contributed by atoms with Crippen LogP contribution < -0.4 is 0 Å². The molecule has 0 spiro atoms. The first-order valence-electron chi connectivity index (χ1n) is 7.51. The van der Waals surface area contributed by atoms with E-state index in [0.29, 0.717) is 5.89 Å². The molecule has 2 unspecified atom stereocenters. The van der Waals surface area contributed by atoms with Crippen molar-refractivity contribution in [1.29, 1.82) is 0 Å². The molecule has 0 bridgehead atoms. The van der Waals surface area contributed by atoms with Gasteiger partial charge in [0.05, 0.1) is 17.9 Å². The normalized spacial score (nSPS) is 23.4. The van der Waals surface area contributed by atoms with E-state index in [1.54, 1.807) is 0 Å². The molecule has 0 saturated carbocycles. The lowest BCUT2D eigenvalue weighted by Crippen LogP contribution is -2.44. The van der Waals surface area contributed by atoms with Gasteiger partial charge >= 0.3 is 0 Å².